The van der Waals surface area contributed by atoms with Gasteiger partial charge < -0.3 is 10.1 Å². The molecule has 0 aliphatic carbocycles. The number of nitriles is 1. The summed E-state index contributed by atoms with van der Waals surface area (Å²) < 4.78 is 5.17. The quantitative estimate of drug-likeness (QED) is 0.309. The van der Waals surface area contributed by atoms with Gasteiger partial charge in [-0.25, -0.2) is 4.79 Å². The lowest BCUT2D eigenvalue weighted by Gasteiger charge is -2.11. The fourth-order valence-corrected chi connectivity index (χ4v) is 3.59. The van der Waals surface area contributed by atoms with Crippen LogP contribution in [0.4, 0.5) is 5.69 Å². The van der Waals surface area contributed by atoms with E-state index in [9.17, 15) is 14.4 Å². The van der Waals surface area contributed by atoms with Crippen molar-refractivity contribution in [2.75, 3.05) is 17.7 Å². The average Bonchev–Trinajstić information content (AvgIpc) is 2.82. The van der Waals surface area contributed by atoms with E-state index in [-0.39, 0.29) is 22.7 Å². The molecular weight excluding hydrogens is 424 g/mol. The van der Waals surface area contributed by atoms with Crippen LogP contribution in [0.25, 0.3) is 0 Å². The van der Waals surface area contributed by atoms with Gasteiger partial charge in [-0.05, 0) is 25.1 Å². The molecule has 0 fully saturated rings. The van der Waals surface area contributed by atoms with E-state index in [1.54, 1.807) is 54.6 Å². The fourth-order valence-electron chi connectivity index (χ4n) is 2.92. The summed E-state index contributed by atoms with van der Waals surface area (Å²) >= 11 is 1.29. The van der Waals surface area contributed by atoms with Gasteiger partial charge in [-0.1, -0.05) is 60.2 Å². The van der Waals surface area contributed by atoms with Crippen molar-refractivity contribution < 1.29 is 19.1 Å². The number of nitrogens with one attached hydrogen (secondary N) is 1. The maximum Gasteiger partial charge on any atom is 0.339 e. The molecule has 0 bridgehead atoms. The maximum atomic E-state index is 12.9. The van der Waals surface area contributed by atoms with Crippen LogP contribution in [0.1, 0.15) is 31.8 Å². The van der Waals surface area contributed by atoms with Crippen molar-refractivity contribution >= 4 is 35.1 Å². The first-order chi connectivity index (χ1) is 15.5. The molecule has 0 saturated heterocycles. The first-order valence-corrected chi connectivity index (χ1v) is 10.7. The fraction of sp³-hybridized carbons (Fsp3) is 0.120. The van der Waals surface area contributed by atoms with Crippen molar-refractivity contribution in [3.05, 3.63) is 95.1 Å². The lowest BCUT2D eigenvalue weighted by molar-refractivity contribution is -0.119. The molecule has 0 aliphatic heterocycles. The van der Waals surface area contributed by atoms with Crippen LogP contribution >= 0.6 is 11.8 Å². The third kappa shape index (κ3) is 5.84. The molecule has 3 aromatic rings. The van der Waals surface area contributed by atoms with Crippen molar-refractivity contribution in [2.45, 2.75) is 11.8 Å². The van der Waals surface area contributed by atoms with Gasteiger partial charge in [0.2, 0.25) is 0 Å². The number of esters is 1. The summed E-state index contributed by atoms with van der Waals surface area (Å²) in [5.74, 6) is -1.34. The molecule has 1 N–H and O–H groups in total. The summed E-state index contributed by atoms with van der Waals surface area (Å²) in [7, 11) is 0. The standard InChI is InChI=1S/C25H20N2O4S/c1-17-10-12-18(13-11-17)24(29)19-6-2-3-7-20(19)25(30)31-16-23(28)27-21-8-4-5-9-22(21)32-15-14-26/h2-13H,15-16H2,1H3,(H,27,28). The Morgan fingerprint density at radius 3 is 2.31 bits per heavy atom. The summed E-state index contributed by atoms with van der Waals surface area (Å²) in [6, 6.07) is 22.5. The van der Waals surface area contributed by atoms with Gasteiger partial charge in [-0.3, -0.25) is 9.59 Å². The van der Waals surface area contributed by atoms with Crippen molar-refractivity contribution in [3.8, 4) is 6.07 Å². The Hall–Kier alpha value is -3.89. The van der Waals surface area contributed by atoms with Gasteiger partial charge in [0.15, 0.2) is 12.4 Å². The molecule has 0 aromatic heterocycles. The summed E-state index contributed by atoms with van der Waals surface area (Å²) in [5, 5.41) is 11.4. The molecule has 0 atom stereocenters. The number of ketones is 1. The molecule has 160 valence electrons. The van der Waals surface area contributed by atoms with Crippen molar-refractivity contribution in [1.29, 1.82) is 5.26 Å². The number of carbonyl (C=O) groups excluding carboxylic acids is 3. The zero-order valence-electron chi connectivity index (χ0n) is 17.3. The number of carbonyl (C=O) groups is 3. The molecule has 0 unspecified atom stereocenters. The highest BCUT2D eigenvalue weighted by atomic mass is 32.2. The van der Waals surface area contributed by atoms with E-state index in [1.165, 1.54) is 17.8 Å². The van der Waals surface area contributed by atoms with Crippen molar-refractivity contribution in [2.24, 2.45) is 0 Å². The Labute approximate surface area is 190 Å². The lowest BCUT2D eigenvalue weighted by Crippen LogP contribution is -2.22. The number of para-hydroxylation sites is 1. The van der Waals surface area contributed by atoms with E-state index in [2.05, 4.69) is 5.32 Å². The van der Waals surface area contributed by atoms with E-state index < -0.39 is 18.5 Å². The average molecular weight is 445 g/mol. The summed E-state index contributed by atoms with van der Waals surface area (Å²) in [6.45, 7) is 1.41. The minimum Gasteiger partial charge on any atom is -0.452 e. The highest BCUT2D eigenvalue weighted by molar-refractivity contribution is 7.99. The van der Waals surface area contributed by atoms with Crippen LogP contribution in [0, 0.1) is 18.3 Å². The molecule has 1 amide bonds. The van der Waals surface area contributed by atoms with Gasteiger partial charge in [0.05, 0.1) is 23.1 Å². The molecule has 0 aliphatic rings. The largest absolute Gasteiger partial charge is 0.452 e. The Morgan fingerprint density at radius 2 is 1.59 bits per heavy atom. The van der Waals surface area contributed by atoms with Gasteiger partial charge in [-0.15, -0.1) is 11.8 Å². The number of anilines is 1. The van der Waals surface area contributed by atoms with Crippen LogP contribution in [0.15, 0.2) is 77.7 Å². The van der Waals surface area contributed by atoms with Crippen LogP contribution in [-0.4, -0.2) is 30.0 Å². The highest BCUT2D eigenvalue weighted by Crippen LogP contribution is 2.26. The number of hydrogen-bond donors (Lipinski definition) is 1. The van der Waals surface area contributed by atoms with Crippen LogP contribution in [-0.2, 0) is 9.53 Å². The van der Waals surface area contributed by atoms with Crippen LogP contribution in [0.2, 0.25) is 0 Å². The van der Waals surface area contributed by atoms with Crippen LogP contribution < -0.4 is 5.32 Å². The number of hydrogen-bond acceptors (Lipinski definition) is 6. The van der Waals surface area contributed by atoms with Gasteiger partial charge >= 0.3 is 5.97 Å². The molecule has 0 spiro atoms. The molecule has 7 heteroatoms. The minimum atomic E-state index is -0.761. The molecule has 0 saturated carbocycles. The number of benzene rings is 3. The normalized spacial score (nSPS) is 10.1. The molecule has 3 aromatic carbocycles. The third-order valence-electron chi connectivity index (χ3n) is 4.49. The Morgan fingerprint density at radius 1 is 0.938 bits per heavy atom. The Balaban J connectivity index is 1.67. The van der Waals surface area contributed by atoms with Gasteiger partial charge in [0, 0.05) is 16.0 Å². The minimum absolute atomic E-state index is 0.0934. The van der Waals surface area contributed by atoms with Crippen LogP contribution in [0.5, 0.6) is 0 Å². The number of rotatable bonds is 8. The topological polar surface area (TPSA) is 96.3 Å². The number of aryl methyl sites for hydroxylation is 1. The predicted octanol–water partition coefficient (Wildman–Crippen LogP) is 4.64. The number of amides is 1. The second kappa shape index (κ2) is 10.9. The zero-order chi connectivity index (χ0) is 22.9. The van der Waals surface area contributed by atoms with Gasteiger partial charge in [0.1, 0.15) is 0 Å². The molecule has 0 heterocycles. The zero-order valence-corrected chi connectivity index (χ0v) is 18.1. The first kappa shape index (κ1) is 22.8. The molecule has 6 nitrogen and oxygen atoms in total. The molecule has 3 rings (SSSR count). The van der Waals surface area contributed by atoms with E-state index in [1.807, 2.05) is 25.1 Å². The second-order valence-corrected chi connectivity index (χ2v) is 7.83. The predicted molar refractivity (Wildman–Crippen MR) is 123 cm³/mol. The smallest absolute Gasteiger partial charge is 0.339 e. The van der Waals surface area contributed by atoms with Gasteiger partial charge in [0.25, 0.3) is 5.91 Å². The lowest BCUT2D eigenvalue weighted by atomic mass is 9.98. The SMILES string of the molecule is Cc1ccc(C(=O)c2ccccc2C(=O)OCC(=O)Nc2ccccc2SCC#N)cc1. The van der Waals surface area contributed by atoms with E-state index in [0.717, 1.165) is 10.5 Å². The summed E-state index contributed by atoms with van der Waals surface area (Å²) in [5.41, 5.74) is 2.31. The van der Waals surface area contributed by atoms with E-state index in [0.29, 0.717) is 11.3 Å². The van der Waals surface area contributed by atoms with E-state index in [4.69, 9.17) is 10.00 Å². The number of thioether (sulfide) groups is 1. The molecule has 0 radical (unpaired) electrons. The molecule has 32 heavy (non-hydrogen) atoms. The van der Waals surface area contributed by atoms with E-state index >= 15 is 0 Å². The maximum absolute atomic E-state index is 12.9. The second-order valence-electron chi connectivity index (χ2n) is 6.81. The Kier molecular flexibility index (Phi) is 7.79. The molecular formula is C25H20N2O4S. The summed E-state index contributed by atoms with van der Waals surface area (Å²) in [4.78, 5) is 38.6. The van der Waals surface area contributed by atoms with Crippen molar-refractivity contribution in [3.63, 3.8) is 0 Å². The highest BCUT2D eigenvalue weighted by Gasteiger charge is 2.20. The van der Waals surface area contributed by atoms with Crippen molar-refractivity contribution in [1.82, 2.24) is 0 Å². The van der Waals surface area contributed by atoms with Crippen LogP contribution in [0.3, 0.4) is 0 Å². The first-order valence-electron chi connectivity index (χ1n) is 9.75. The van der Waals surface area contributed by atoms with Gasteiger partial charge in [-0.2, -0.15) is 5.26 Å². The summed E-state index contributed by atoms with van der Waals surface area (Å²) in [6.07, 6.45) is 0. The monoisotopic (exact) mass is 444 g/mol. The third-order valence-corrected chi connectivity index (χ3v) is 5.43. The Bertz CT molecular complexity index is 1180. The number of ether oxygens (including phenoxy) is 1. The number of nitrogens with zero attached hydrogens (tertiary/aromatic N) is 1.